The van der Waals surface area contributed by atoms with Crippen LogP contribution in [0.15, 0.2) is 29.1 Å². The van der Waals surface area contributed by atoms with E-state index in [0.717, 1.165) is 17.5 Å². The molecule has 7 nitrogen and oxygen atoms in total. The summed E-state index contributed by atoms with van der Waals surface area (Å²) in [5.74, 6) is -0.116. The minimum atomic E-state index is -0.237. The van der Waals surface area contributed by atoms with Crippen molar-refractivity contribution >= 4 is 16.7 Å². The van der Waals surface area contributed by atoms with Crippen molar-refractivity contribution in [2.75, 3.05) is 33.4 Å². The lowest BCUT2D eigenvalue weighted by atomic mass is 10.1. The number of methoxy groups -OCH3 is 1. The van der Waals surface area contributed by atoms with E-state index < -0.39 is 0 Å². The van der Waals surface area contributed by atoms with Gasteiger partial charge in [0.15, 0.2) is 0 Å². The number of hydrogen-bond donors (Lipinski definition) is 0. The van der Waals surface area contributed by atoms with Crippen LogP contribution in [-0.4, -0.2) is 60.1 Å². The molecule has 0 aliphatic carbocycles. The smallest absolute Gasteiger partial charge is 0.275 e. The maximum atomic E-state index is 12.6. The molecule has 1 saturated heterocycles. The molecule has 0 unspecified atom stereocenters. The Morgan fingerprint density at radius 3 is 2.88 bits per heavy atom. The fraction of sp³-hybridized carbons (Fsp3) is 0.500. The summed E-state index contributed by atoms with van der Waals surface area (Å²) in [5.41, 5.74) is 0.502. The van der Waals surface area contributed by atoms with E-state index in [-0.39, 0.29) is 24.1 Å². The predicted octanol–water partition coefficient (Wildman–Crippen LogP) is 0.969. The van der Waals surface area contributed by atoms with Gasteiger partial charge < -0.3 is 14.4 Å². The highest BCUT2D eigenvalue weighted by molar-refractivity contribution is 5.83. The van der Waals surface area contributed by atoms with Gasteiger partial charge >= 0.3 is 0 Å². The number of ether oxygens (including phenoxy) is 2. The summed E-state index contributed by atoms with van der Waals surface area (Å²) in [7, 11) is 1.64. The lowest BCUT2D eigenvalue weighted by molar-refractivity contribution is -0.140. The van der Waals surface area contributed by atoms with Crippen LogP contribution in [0, 0.1) is 6.92 Å². The second-order valence-corrected chi connectivity index (χ2v) is 6.21. The van der Waals surface area contributed by atoms with Gasteiger partial charge in [0.05, 0.1) is 23.8 Å². The number of nitrogens with zero attached hydrogens (tertiary/aromatic N) is 3. The van der Waals surface area contributed by atoms with Crippen LogP contribution in [0.4, 0.5) is 0 Å². The lowest BCUT2D eigenvalue weighted by Crippen LogP contribution is -2.48. The molecular formula is C18H23N3O4. The normalized spacial score (nSPS) is 17.8. The van der Waals surface area contributed by atoms with Crippen molar-refractivity contribution in [1.82, 2.24) is 14.7 Å². The molecule has 3 rings (SSSR count). The van der Waals surface area contributed by atoms with Crippen LogP contribution in [0.5, 0.6) is 0 Å². The first-order chi connectivity index (χ1) is 12.1. The van der Waals surface area contributed by atoms with Crippen molar-refractivity contribution in [3.8, 4) is 0 Å². The van der Waals surface area contributed by atoms with Crippen LogP contribution < -0.4 is 5.56 Å². The quantitative estimate of drug-likeness (QED) is 0.807. The predicted molar refractivity (Wildman–Crippen MR) is 93.6 cm³/mol. The largest absolute Gasteiger partial charge is 0.385 e. The minimum Gasteiger partial charge on any atom is -0.385 e. The highest BCUT2D eigenvalue weighted by Crippen LogP contribution is 2.13. The molecule has 1 atom stereocenters. The molecule has 7 heteroatoms. The van der Waals surface area contributed by atoms with Crippen LogP contribution >= 0.6 is 0 Å². The number of hydrogen-bond acceptors (Lipinski definition) is 5. The topological polar surface area (TPSA) is 73.7 Å². The molecule has 1 aliphatic heterocycles. The fourth-order valence-electron chi connectivity index (χ4n) is 3.11. The summed E-state index contributed by atoms with van der Waals surface area (Å²) in [6.45, 7) is 3.93. The summed E-state index contributed by atoms with van der Waals surface area (Å²) in [4.78, 5) is 27.0. The van der Waals surface area contributed by atoms with E-state index in [9.17, 15) is 9.59 Å². The van der Waals surface area contributed by atoms with E-state index >= 15 is 0 Å². The van der Waals surface area contributed by atoms with Gasteiger partial charge in [-0.3, -0.25) is 9.59 Å². The Labute approximate surface area is 146 Å². The zero-order valence-electron chi connectivity index (χ0n) is 14.6. The van der Waals surface area contributed by atoms with Crippen LogP contribution in [0.3, 0.4) is 0 Å². The van der Waals surface area contributed by atoms with E-state index in [0.29, 0.717) is 31.7 Å². The molecule has 25 heavy (non-hydrogen) atoms. The number of rotatable bonds is 5. The average Bonchev–Trinajstić information content (AvgIpc) is 2.64. The third kappa shape index (κ3) is 3.88. The second kappa shape index (κ2) is 7.76. The van der Waals surface area contributed by atoms with Crippen molar-refractivity contribution in [2.45, 2.75) is 26.0 Å². The molecular weight excluding hydrogens is 322 g/mol. The SMILES string of the molecule is COCC[C@H]1CN(C(=O)Cn2nc(C)c3ccccc3c2=O)CCO1. The summed E-state index contributed by atoms with van der Waals surface area (Å²) in [6.07, 6.45) is 0.716. The van der Waals surface area contributed by atoms with Crippen molar-refractivity contribution in [3.63, 3.8) is 0 Å². The fourth-order valence-corrected chi connectivity index (χ4v) is 3.11. The van der Waals surface area contributed by atoms with E-state index in [1.165, 1.54) is 4.68 Å². The van der Waals surface area contributed by atoms with Crippen LogP contribution in [0.1, 0.15) is 12.1 Å². The minimum absolute atomic E-state index is 0.0272. The lowest BCUT2D eigenvalue weighted by Gasteiger charge is -2.33. The van der Waals surface area contributed by atoms with Crippen molar-refractivity contribution in [2.24, 2.45) is 0 Å². The molecule has 1 aliphatic rings. The molecule has 0 spiro atoms. The Morgan fingerprint density at radius 2 is 2.12 bits per heavy atom. The zero-order valence-corrected chi connectivity index (χ0v) is 14.6. The number of fused-ring (bicyclic) bond motifs is 1. The number of morpholine rings is 1. The van der Waals surface area contributed by atoms with Gasteiger partial charge in [-0.1, -0.05) is 18.2 Å². The molecule has 0 saturated carbocycles. The Balaban J connectivity index is 1.76. The molecule has 1 amide bonds. The van der Waals surface area contributed by atoms with Crippen LogP contribution in [0.25, 0.3) is 10.8 Å². The highest BCUT2D eigenvalue weighted by atomic mass is 16.5. The summed E-state index contributed by atoms with van der Waals surface area (Å²) >= 11 is 0. The first kappa shape index (κ1) is 17.6. The van der Waals surface area contributed by atoms with E-state index in [1.54, 1.807) is 18.1 Å². The molecule has 1 fully saturated rings. The molecule has 1 aromatic carbocycles. The average molecular weight is 345 g/mol. The van der Waals surface area contributed by atoms with Gasteiger partial charge in [-0.25, -0.2) is 4.68 Å². The number of amides is 1. The number of aromatic nitrogens is 2. The summed E-state index contributed by atoms with van der Waals surface area (Å²) < 4.78 is 12.0. The Morgan fingerprint density at radius 1 is 1.36 bits per heavy atom. The molecule has 134 valence electrons. The van der Waals surface area contributed by atoms with Gasteiger partial charge in [-0.2, -0.15) is 5.10 Å². The number of aryl methyl sites for hydroxylation is 1. The van der Waals surface area contributed by atoms with Crippen LogP contribution in [0.2, 0.25) is 0 Å². The number of carbonyl (C=O) groups is 1. The first-order valence-electron chi connectivity index (χ1n) is 8.45. The van der Waals surface area contributed by atoms with Crippen LogP contribution in [-0.2, 0) is 20.8 Å². The van der Waals surface area contributed by atoms with Gasteiger partial charge in [0, 0.05) is 32.2 Å². The molecule has 0 bridgehead atoms. The van der Waals surface area contributed by atoms with E-state index in [2.05, 4.69) is 5.10 Å². The van der Waals surface area contributed by atoms with Crippen molar-refractivity contribution < 1.29 is 14.3 Å². The molecule has 2 aromatic rings. The van der Waals surface area contributed by atoms with Gasteiger partial charge in [0.1, 0.15) is 6.54 Å². The summed E-state index contributed by atoms with van der Waals surface area (Å²) in [6, 6.07) is 7.33. The van der Waals surface area contributed by atoms with Gasteiger partial charge in [0.2, 0.25) is 5.91 Å². The third-order valence-corrected chi connectivity index (χ3v) is 4.47. The van der Waals surface area contributed by atoms with E-state index in [1.807, 2.05) is 25.1 Å². The van der Waals surface area contributed by atoms with Gasteiger partial charge in [-0.15, -0.1) is 0 Å². The maximum Gasteiger partial charge on any atom is 0.275 e. The maximum absolute atomic E-state index is 12.6. The molecule has 1 aromatic heterocycles. The number of benzene rings is 1. The van der Waals surface area contributed by atoms with Crippen molar-refractivity contribution in [3.05, 3.63) is 40.3 Å². The first-order valence-corrected chi connectivity index (χ1v) is 8.45. The molecule has 2 heterocycles. The highest BCUT2D eigenvalue weighted by Gasteiger charge is 2.24. The van der Waals surface area contributed by atoms with Gasteiger partial charge in [0.25, 0.3) is 5.56 Å². The molecule has 0 radical (unpaired) electrons. The van der Waals surface area contributed by atoms with E-state index in [4.69, 9.17) is 9.47 Å². The molecule has 0 N–H and O–H groups in total. The van der Waals surface area contributed by atoms with Gasteiger partial charge in [-0.05, 0) is 19.4 Å². The Bertz CT molecular complexity index is 818. The summed E-state index contributed by atoms with van der Waals surface area (Å²) in [5, 5.41) is 5.72. The Kier molecular flexibility index (Phi) is 5.45. The number of carbonyl (C=O) groups excluding carboxylic acids is 1. The third-order valence-electron chi connectivity index (χ3n) is 4.47. The zero-order chi connectivity index (χ0) is 17.8. The Hall–Kier alpha value is -2.25. The van der Waals surface area contributed by atoms with Crippen molar-refractivity contribution in [1.29, 1.82) is 0 Å². The standard InChI is InChI=1S/C18H23N3O4/c1-13-15-5-3-4-6-16(15)18(23)21(19-13)12-17(22)20-8-10-25-14(11-20)7-9-24-2/h3-6,14H,7-12H2,1-2H3/t14-/m0/s1. The monoisotopic (exact) mass is 345 g/mol. The second-order valence-electron chi connectivity index (χ2n) is 6.21.